The van der Waals surface area contributed by atoms with Crippen LogP contribution in [0, 0.1) is 5.92 Å². The molecule has 0 radical (unpaired) electrons. The van der Waals surface area contributed by atoms with Gasteiger partial charge in [-0.05, 0) is 25.8 Å². The number of hydrogen-bond acceptors (Lipinski definition) is 4. The minimum atomic E-state index is 1.05. The maximum absolute atomic E-state index is 2.67. The van der Waals surface area contributed by atoms with E-state index in [2.05, 4.69) is 26.9 Å². The van der Waals surface area contributed by atoms with Gasteiger partial charge in [0.1, 0.15) is 0 Å². The molecule has 0 unspecified atom stereocenters. The lowest BCUT2D eigenvalue weighted by Crippen LogP contribution is -2.58. The second kappa shape index (κ2) is 5.22. The summed E-state index contributed by atoms with van der Waals surface area (Å²) in [6.45, 7) is 11.3. The fourth-order valence-corrected chi connectivity index (χ4v) is 2.95. The van der Waals surface area contributed by atoms with Crippen LogP contribution >= 0.6 is 0 Å². The predicted octanol–water partition coefficient (Wildman–Crippen LogP) is 0.176. The highest BCUT2D eigenvalue weighted by Crippen LogP contribution is 2.29. The van der Waals surface area contributed by atoms with Crippen molar-refractivity contribution in [2.45, 2.75) is 12.8 Å². The zero-order valence-corrected chi connectivity index (χ0v) is 11.1. The molecule has 2 heterocycles. The lowest BCUT2D eigenvalue weighted by Gasteiger charge is -2.44. The number of hydrogen-bond donors (Lipinski definition) is 0. The molecule has 3 fully saturated rings. The largest absolute Gasteiger partial charge is 0.304 e. The Kier molecular flexibility index (Phi) is 3.66. The van der Waals surface area contributed by atoms with E-state index < -0.39 is 0 Å². The van der Waals surface area contributed by atoms with Gasteiger partial charge in [-0.1, -0.05) is 0 Å². The van der Waals surface area contributed by atoms with E-state index >= 15 is 0 Å². The molecule has 0 aromatic carbocycles. The summed E-state index contributed by atoms with van der Waals surface area (Å²) in [5.74, 6) is 1.05. The second-order valence-corrected chi connectivity index (χ2v) is 5.95. The van der Waals surface area contributed by atoms with Crippen LogP contribution in [-0.2, 0) is 0 Å². The summed E-state index contributed by atoms with van der Waals surface area (Å²) in [7, 11) is 2.23. The van der Waals surface area contributed by atoms with Gasteiger partial charge >= 0.3 is 0 Å². The molecule has 3 aliphatic rings. The molecule has 0 amide bonds. The van der Waals surface area contributed by atoms with E-state index in [0.29, 0.717) is 0 Å². The third-order valence-corrected chi connectivity index (χ3v) is 4.44. The molecule has 0 aromatic rings. The van der Waals surface area contributed by atoms with Crippen LogP contribution in [0.5, 0.6) is 0 Å². The number of nitrogens with zero attached hydrogens (tertiary/aromatic N) is 4. The molecule has 0 aromatic heterocycles. The highest BCUT2D eigenvalue weighted by atomic mass is 15.6. The highest BCUT2D eigenvalue weighted by molar-refractivity contribution is 4.81. The van der Waals surface area contributed by atoms with Crippen LogP contribution in [0.25, 0.3) is 0 Å². The number of rotatable bonds is 3. The van der Waals surface area contributed by atoms with Crippen molar-refractivity contribution >= 4 is 0 Å². The summed E-state index contributed by atoms with van der Waals surface area (Å²) >= 11 is 0. The smallest absolute Gasteiger partial charge is 0.0261 e. The Bertz CT molecular complexity index is 238. The number of likely N-dealkylation sites (N-methyl/N-ethyl adjacent to an activating group) is 1. The standard InChI is InChI=1S/C13H26N4/c1-14-4-8-16(9-5-14)17-10-6-15(7-11-17)12-13-2-3-13/h13H,2-12H2,1H3. The van der Waals surface area contributed by atoms with Crippen molar-refractivity contribution in [2.75, 3.05) is 66.0 Å². The van der Waals surface area contributed by atoms with Gasteiger partial charge in [-0.3, -0.25) is 0 Å². The topological polar surface area (TPSA) is 13.0 Å². The highest BCUT2D eigenvalue weighted by Gasteiger charge is 2.28. The average molecular weight is 238 g/mol. The molecule has 98 valence electrons. The van der Waals surface area contributed by atoms with E-state index in [1.165, 1.54) is 71.7 Å². The van der Waals surface area contributed by atoms with Gasteiger partial charge in [-0.15, -0.1) is 0 Å². The van der Waals surface area contributed by atoms with Gasteiger partial charge < -0.3 is 9.80 Å². The molecule has 3 rings (SSSR count). The van der Waals surface area contributed by atoms with Crippen LogP contribution in [0.3, 0.4) is 0 Å². The average Bonchev–Trinajstić information content (AvgIpc) is 3.15. The third kappa shape index (κ3) is 3.19. The molecule has 0 N–H and O–H groups in total. The fourth-order valence-electron chi connectivity index (χ4n) is 2.95. The van der Waals surface area contributed by atoms with Crippen LogP contribution in [0.2, 0.25) is 0 Å². The van der Waals surface area contributed by atoms with Gasteiger partial charge in [-0.2, -0.15) is 0 Å². The van der Waals surface area contributed by atoms with Crippen molar-refractivity contribution in [1.29, 1.82) is 0 Å². The molecular weight excluding hydrogens is 212 g/mol. The van der Waals surface area contributed by atoms with E-state index in [0.717, 1.165) is 5.92 Å². The summed E-state index contributed by atoms with van der Waals surface area (Å²) in [6.07, 6.45) is 2.97. The van der Waals surface area contributed by atoms with E-state index in [1.54, 1.807) is 0 Å². The molecule has 1 saturated carbocycles. The number of piperazine rings is 2. The molecule has 2 saturated heterocycles. The molecule has 0 bridgehead atoms. The first-order valence-electron chi connectivity index (χ1n) is 7.22. The molecule has 0 spiro atoms. The molecule has 0 atom stereocenters. The summed E-state index contributed by atoms with van der Waals surface area (Å²) in [6, 6.07) is 0. The Labute approximate surface area is 105 Å². The summed E-state index contributed by atoms with van der Waals surface area (Å²) in [5.41, 5.74) is 0. The van der Waals surface area contributed by atoms with Crippen LogP contribution < -0.4 is 0 Å². The predicted molar refractivity (Wildman–Crippen MR) is 69.8 cm³/mol. The Morgan fingerprint density at radius 2 is 1.29 bits per heavy atom. The SMILES string of the molecule is CN1CCN(N2CCN(CC3CC3)CC2)CC1. The van der Waals surface area contributed by atoms with Crippen molar-refractivity contribution in [3.63, 3.8) is 0 Å². The molecule has 2 aliphatic heterocycles. The van der Waals surface area contributed by atoms with E-state index in [1.807, 2.05) is 0 Å². The van der Waals surface area contributed by atoms with Gasteiger partial charge in [0.05, 0.1) is 0 Å². The van der Waals surface area contributed by atoms with Crippen molar-refractivity contribution in [1.82, 2.24) is 19.8 Å². The van der Waals surface area contributed by atoms with Crippen molar-refractivity contribution in [3.05, 3.63) is 0 Å². The molecule has 17 heavy (non-hydrogen) atoms. The van der Waals surface area contributed by atoms with Gasteiger partial charge in [-0.25, -0.2) is 10.0 Å². The minimum absolute atomic E-state index is 1.05. The molecule has 4 heteroatoms. The monoisotopic (exact) mass is 238 g/mol. The lowest BCUT2D eigenvalue weighted by molar-refractivity contribution is -0.0789. The van der Waals surface area contributed by atoms with Crippen molar-refractivity contribution < 1.29 is 0 Å². The first-order valence-corrected chi connectivity index (χ1v) is 7.22. The zero-order valence-electron chi connectivity index (χ0n) is 11.1. The van der Waals surface area contributed by atoms with Gasteiger partial charge in [0.2, 0.25) is 0 Å². The van der Waals surface area contributed by atoms with Crippen LogP contribution in [0.4, 0.5) is 0 Å². The molecule has 4 nitrogen and oxygen atoms in total. The third-order valence-electron chi connectivity index (χ3n) is 4.44. The molecular formula is C13H26N4. The first-order chi connectivity index (χ1) is 8.31. The summed E-state index contributed by atoms with van der Waals surface area (Å²) < 4.78 is 0. The normalized spacial score (nSPS) is 30.9. The maximum Gasteiger partial charge on any atom is 0.0261 e. The van der Waals surface area contributed by atoms with Gasteiger partial charge in [0.15, 0.2) is 0 Å². The fraction of sp³-hybridized carbons (Fsp3) is 1.00. The van der Waals surface area contributed by atoms with E-state index in [-0.39, 0.29) is 0 Å². The first kappa shape index (κ1) is 11.9. The van der Waals surface area contributed by atoms with Gasteiger partial charge in [0, 0.05) is 58.9 Å². The van der Waals surface area contributed by atoms with Crippen LogP contribution in [0.1, 0.15) is 12.8 Å². The Morgan fingerprint density at radius 1 is 0.765 bits per heavy atom. The lowest BCUT2D eigenvalue weighted by atomic mass is 10.3. The Hall–Kier alpha value is -0.160. The van der Waals surface area contributed by atoms with Crippen molar-refractivity contribution in [3.8, 4) is 0 Å². The van der Waals surface area contributed by atoms with E-state index in [4.69, 9.17) is 0 Å². The van der Waals surface area contributed by atoms with Crippen molar-refractivity contribution in [2.24, 2.45) is 5.92 Å². The van der Waals surface area contributed by atoms with Crippen LogP contribution in [-0.4, -0.2) is 85.8 Å². The Morgan fingerprint density at radius 3 is 1.82 bits per heavy atom. The zero-order chi connectivity index (χ0) is 11.7. The second-order valence-electron chi connectivity index (χ2n) is 5.95. The summed E-state index contributed by atoms with van der Waals surface area (Å²) in [4.78, 5) is 5.10. The number of hydrazine groups is 1. The maximum atomic E-state index is 2.67. The minimum Gasteiger partial charge on any atom is -0.304 e. The van der Waals surface area contributed by atoms with Crippen LogP contribution in [0.15, 0.2) is 0 Å². The summed E-state index contributed by atoms with van der Waals surface area (Å²) in [5, 5.41) is 5.17. The molecule has 1 aliphatic carbocycles. The van der Waals surface area contributed by atoms with Gasteiger partial charge in [0.25, 0.3) is 0 Å². The quantitative estimate of drug-likeness (QED) is 0.695. The Balaban J connectivity index is 1.41. The van der Waals surface area contributed by atoms with E-state index in [9.17, 15) is 0 Å².